The van der Waals surface area contributed by atoms with Gasteiger partial charge < -0.3 is 14.4 Å². The highest BCUT2D eigenvalue weighted by Gasteiger charge is 2.11. The average molecular weight is 394 g/mol. The summed E-state index contributed by atoms with van der Waals surface area (Å²) in [6.07, 6.45) is 8.88. The van der Waals surface area contributed by atoms with Crippen LogP contribution >= 0.6 is 0 Å². The number of rotatable bonds is 8. The van der Waals surface area contributed by atoms with Crippen LogP contribution in [-0.4, -0.2) is 44.3 Å². The van der Waals surface area contributed by atoms with Crippen LogP contribution in [-0.2, 0) is 0 Å². The molecule has 0 saturated carbocycles. The van der Waals surface area contributed by atoms with Crippen molar-refractivity contribution in [3.8, 4) is 11.5 Å². The Balaban J connectivity index is 1.22. The summed E-state index contributed by atoms with van der Waals surface area (Å²) in [4.78, 5) is 4.63. The number of likely N-dealkylation sites (tertiary alicyclic amines) is 1. The number of hydrogen-bond acceptors (Lipinski definition) is 4. The number of halogens is 1. The molecule has 1 fully saturated rings. The third kappa shape index (κ3) is 5.61. The first-order chi connectivity index (χ1) is 14.3. The molecular weight excluding hydrogens is 367 g/mol. The SMILES string of the molecule is Fc1ccc(OCC2=CCN(c3ccc(OCCN4CCCC4)cc3)C=C2)cc1. The zero-order chi connectivity index (χ0) is 19.9. The van der Waals surface area contributed by atoms with Gasteiger partial charge in [-0.1, -0.05) is 6.08 Å². The van der Waals surface area contributed by atoms with Gasteiger partial charge >= 0.3 is 0 Å². The molecule has 0 aliphatic carbocycles. The lowest BCUT2D eigenvalue weighted by Gasteiger charge is -2.23. The monoisotopic (exact) mass is 394 g/mol. The molecule has 4 nitrogen and oxygen atoms in total. The van der Waals surface area contributed by atoms with Crippen molar-refractivity contribution in [2.24, 2.45) is 0 Å². The van der Waals surface area contributed by atoms with Gasteiger partial charge in [-0.2, -0.15) is 0 Å². The summed E-state index contributed by atoms with van der Waals surface area (Å²) in [7, 11) is 0. The maximum absolute atomic E-state index is 12.9. The van der Waals surface area contributed by atoms with Gasteiger partial charge in [0, 0.05) is 25.0 Å². The van der Waals surface area contributed by atoms with E-state index in [0.717, 1.165) is 36.7 Å². The number of benzene rings is 2. The lowest BCUT2D eigenvalue weighted by Crippen LogP contribution is -2.25. The number of ether oxygens (including phenoxy) is 2. The van der Waals surface area contributed by atoms with Crippen LogP contribution in [0.5, 0.6) is 11.5 Å². The van der Waals surface area contributed by atoms with Crippen LogP contribution in [0.3, 0.4) is 0 Å². The molecule has 0 bridgehead atoms. The Labute approximate surface area is 171 Å². The third-order valence-corrected chi connectivity index (χ3v) is 5.28. The molecule has 0 N–H and O–H groups in total. The molecule has 2 aromatic rings. The first-order valence-corrected chi connectivity index (χ1v) is 10.2. The smallest absolute Gasteiger partial charge is 0.123 e. The van der Waals surface area contributed by atoms with E-state index in [4.69, 9.17) is 9.47 Å². The molecule has 0 amide bonds. The standard InChI is InChI=1S/C24H27FN2O2/c25-21-3-7-24(8-4-21)29-19-20-11-15-27(16-12-20)22-5-9-23(10-6-22)28-18-17-26-13-1-2-14-26/h3-12,15H,1-2,13-14,16-19H2. The van der Waals surface area contributed by atoms with E-state index < -0.39 is 0 Å². The molecule has 0 spiro atoms. The van der Waals surface area contributed by atoms with E-state index in [1.165, 1.54) is 38.1 Å². The third-order valence-electron chi connectivity index (χ3n) is 5.28. The highest BCUT2D eigenvalue weighted by atomic mass is 19.1. The minimum atomic E-state index is -0.257. The van der Waals surface area contributed by atoms with Gasteiger partial charge in [0.15, 0.2) is 0 Å². The Hall–Kier alpha value is -2.79. The molecule has 2 aromatic carbocycles. The zero-order valence-electron chi connectivity index (χ0n) is 16.6. The van der Waals surface area contributed by atoms with Crippen molar-refractivity contribution in [1.29, 1.82) is 0 Å². The highest BCUT2D eigenvalue weighted by molar-refractivity contribution is 5.54. The molecule has 0 aromatic heterocycles. The molecule has 1 saturated heterocycles. The van der Waals surface area contributed by atoms with Crippen molar-refractivity contribution in [3.05, 3.63) is 78.3 Å². The fraction of sp³-hybridized carbons (Fsp3) is 0.333. The van der Waals surface area contributed by atoms with Gasteiger partial charge in [-0.3, -0.25) is 4.90 Å². The first-order valence-electron chi connectivity index (χ1n) is 10.2. The molecule has 0 radical (unpaired) electrons. The molecule has 29 heavy (non-hydrogen) atoms. The van der Waals surface area contributed by atoms with E-state index in [1.54, 1.807) is 12.1 Å². The van der Waals surface area contributed by atoms with E-state index in [1.807, 2.05) is 18.2 Å². The summed E-state index contributed by atoms with van der Waals surface area (Å²) in [6, 6.07) is 14.3. The lowest BCUT2D eigenvalue weighted by atomic mass is 10.2. The Bertz CT molecular complexity index is 840. The van der Waals surface area contributed by atoms with E-state index in [0.29, 0.717) is 12.4 Å². The summed E-state index contributed by atoms with van der Waals surface area (Å²) >= 11 is 0. The van der Waals surface area contributed by atoms with Crippen molar-refractivity contribution in [2.75, 3.05) is 44.3 Å². The van der Waals surface area contributed by atoms with Crippen molar-refractivity contribution in [2.45, 2.75) is 12.8 Å². The molecule has 0 atom stereocenters. The second-order valence-electron chi connectivity index (χ2n) is 7.38. The van der Waals surface area contributed by atoms with E-state index in [9.17, 15) is 4.39 Å². The Morgan fingerprint density at radius 1 is 0.862 bits per heavy atom. The first kappa shape index (κ1) is 19.5. The van der Waals surface area contributed by atoms with Crippen LogP contribution in [0.2, 0.25) is 0 Å². The molecule has 5 heteroatoms. The van der Waals surface area contributed by atoms with Crippen LogP contribution in [0.4, 0.5) is 10.1 Å². The quantitative estimate of drug-likeness (QED) is 0.651. The number of hydrogen-bond donors (Lipinski definition) is 0. The zero-order valence-corrected chi connectivity index (χ0v) is 16.6. The van der Waals surface area contributed by atoms with Crippen LogP contribution in [0, 0.1) is 5.82 Å². The van der Waals surface area contributed by atoms with Crippen LogP contribution in [0.25, 0.3) is 0 Å². The topological polar surface area (TPSA) is 24.9 Å². The summed E-state index contributed by atoms with van der Waals surface area (Å²) in [6.45, 7) is 5.41. The van der Waals surface area contributed by atoms with Crippen LogP contribution in [0.1, 0.15) is 12.8 Å². The molecule has 4 rings (SSSR count). The highest BCUT2D eigenvalue weighted by Crippen LogP contribution is 2.22. The predicted octanol–water partition coefficient (Wildman–Crippen LogP) is 4.64. The minimum Gasteiger partial charge on any atom is -0.492 e. The molecule has 0 unspecified atom stereocenters. The summed E-state index contributed by atoms with van der Waals surface area (Å²) in [5.41, 5.74) is 2.23. The van der Waals surface area contributed by atoms with Crippen molar-refractivity contribution >= 4 is 5.69 Å². The van der Waals surface area contributed by atoms with Gasteiger partial charge in [-0.15, -0.1) is 0 Å². The Kier molecular flexibility index (Phi) is 6.47. The van der Waals surface area contributed by atoms with Crippen molar-refractivity contribution in [1.82, 2.24) is 4.90 Å². The van der Waals surface area contributed by atoms with E-state index in [-0.39, 0.29) is 5.82 Å². The van der Waals surface area contributed by atoms with Crippen LogP contribution in [0.15, 0.2) is 72.5 Å². The summed E-state index contributed by atoms with van der Waals surface area (Å²) in [5, 5.41) is 0. The normalized spacial score (nSPS) is 16.7. The van der Waals surface area contributed by atoms with Gasteiger partial charge in [-0.25, -0.2) is 4.39 Å². The largest absolute Gasteiger partial charge is 0.492 e. The second-order valence-corrected chi connectivity index (χ2v) is 7.38. The van der Waals surface area contributed by atoms with Crippen LogP contribution < -0.4 is 14.4 Å². The summed E-state index contributed by atoms with van der Waals surface area (Å²) < 4.78 is 24.5. The molecular formula is C24H27FN2O2. The number of anilines is 1. The van der Waals surface area contributed by atoms with Gasteiger partial charge in [-0.05, 0) is 86.1 Å². The predicted molar refractivity (Wildman–Crippen MR) is 114 cm³/mol. The van der Waals surface area contributed by atoms with Gasteiger partial charge in [0.25, 0.3) is 0 Å². The van der Waals surface area contributed by atoms with E-state index in [2.05, 4.69) is 34.2 Å². The van der Waals surface area contributed by atoms with Gasteiger partial charge in [0.05, 0.1) is 0 Å². The minimum absolute atomic E-state index is 0.257. The van der Waals surface area contributed by atoms with Gasteiger partial charge in [0.2, 0.25) is 0 Å². The maximum Gasteiger partial charge on any atom is 0.123 e. The Morgan fingerprint density at radius 2 is 1.55 bits per heavy atom. The number of nitrogens with zero attached hydrogens (tertiary/aromatic N) is 2. The average Bonchev–Trinajstić information content (AvgIpc) is 3.28. The maximum atomic E-state index is 12.9. The fourth-order valence-electron chi connectivity index (χ4n) is 3.56. The van der Waals surface area contributed by atoms with Crippen molar-refractivity contribution in [3.63, 3.8) is 0 Å². The fourth-order valence-corrected chi connectivity index (χ4v) is 3.56. The molecule has 152 valence electrons. The lowest BCUT2D eigenvalue weighted by molar-refractivity contribution is 0.238. The molecule has 2 heterocycles. The molecule has 2 aliphatic rings. The van der Waals surface area contributed by atoms with Crippen molar-refractivity contribution < 1.29 is 13.9 Å². The summed E-state index contributed by atoms with van der Waals surface area (Å²) in [5.74, 6) is 1.33. The van der Waals surface area contributed by atoms with Gasteiger partial charge in [0.1, 0.15) is 30.5 Å². The Morgan fingerprint density at radius 3 is 2.24 bits per heavy atom. The molecule has 2 aliphatic heterocycles. The van der Waals surface area contributed by atoms with E-state index >= 15 is 0 Å². The second kappa shape index (κ2) is 9.61.